The van der Waals surface area contributed by atoms with Gasteiger partial charge in [0.25, 0.3) is 5.91 Å². The zero-order valence-corrected chi connectivity index (χ0v) is 10.9. The Kier molecular flexibility index (Phi) is 4.73. The van der Waals surface area contributed by atoms with E-state index in [1.54, 1.807) is 12.1 Å². The molecule has 1 aromatic rings. The molecule has 0 radical (unpaired) electrons. The molecular weight excluding hydrogens is 246 g/mol. The molecule has 0 saturated carbocycles. The molecule has 1 heterocycles. The summed E-state index contributed by atoms with van der Waals surface area (Å²) in [6, 6.07) is 5.34. The highest BCUT2D eigenvalue weighted by atomic mass is 16.6. The molecule has 2 rings (SSSR count). The molecule has 1 aromatic carbocycles. The SMILES string of the molecule is Cc1cc(NN)ccc1C(=O)NCC1COCCO1. The average molecular weight is 265 g/mol. The number of nitrogens with two attached hydrogens (primary N) is 1. The molecule has 1 atom stereocenters. The van der Waals surface area contributed by atoms with Crippen LogP contribution in [0.1, 0.15) is 15.9 Å². The number of hydrogen-bond donors (Lipinski definition) is 3. The second kappa shape index (κ2) is 6.51. The third-order valence-corrected chi connectivity index (χ3v) is 3.01. The number of carbonyl (C=O) groups is 1. The number of hydrogen-bond acceptors (Lipinski definition) is 5. The van der Waals surface area contributed by atoms with Gasteiger partial charge in [-0.05, 0) is 30.7 Å². The molecule has 104 valence electrons. The minimum atomic E-state index is -0.116. The minimum absolute atomic E-state index is 0.0667. The first kappa shape index (κ1) is 13.8. The topological polar surface area (TPSA) is 85.6 Å². The quantitative estimate of drug-likeness (QED) is 0.543. The predicted molar refractivity (Wildman–Crippen MR) is 71.9 cm³/mol. The van der Waals surface area contributed by atoms with Crippen LogP contribution >= 0.6 is 0 Å². The number of rotatable bonds is 4. The number of anilines is 1. The smallest absolute Gasteiger partial charge is 0.251 e. The lowest BCUT2D eigenvalue weighted by molar-refractivity contribution is -0.0855. The largest absolute Gasteiger partial charge is 0.376 e. The summed E-state index contributed by atoms with van der Waals surface area (Å²) in [4.78, 5) is 12.0. The lowest BCUT2D eigenvalue weighted by Gasteiger charge is -2.23. The van der Waals surface area contributed by atoms with Gasteiger partial charge in [0.1, 0.15) is 0 Å². The fraction of sp³-hybridized carbons (Fsp3) is 0.462. The number of hydrazine groups is 1. The zero-order chi connectivity index (χ0) is 13.7. The summed E-state index contributed by atoms with van der Waals surface area (Å²) in [7, 11) is 0. The predicted octanol–water partition coefficient (Wildman–Crippen LogP) is 0.426. The van der Waals surface area contributed by atoms with E-state index in [-0.39, 0.29) is 12.0 Å². The Morgan fingerprint density at radius 3 is 2.95 bits per heavy atom. The number of amides is 1. The van der Waals surface area contributed by atoms with Crippen LogP contribution in [-0.2, 0) is 9.47 Å². The van der Waals surface area contributed by atoms with Crippen molar-refractivity contribution in [3.63, 3.8) is 0 Å². The van der Waals surface area contributed by atoms with E-state index in [0.29, 0.717) is 31.9 Å². The van der Waals surface area contributed by atoms with E-state index in [0.717, 1.165) is 11.3 Å². The van der Waals surface area contributed by atoms with Crippen molar-refractivity contribution in [1.29, 1.82) is 0 Å². The van der Waals surface area contributed by atoms with Crippen molar-refractivity contribution in [3.8, 4) is 0 Å². The Hall–Kier alpha value is -1.63. The van der Waals surface area contributed by atoms with Crippen molar-refractivity contribution in [3.05, 3.63) is 29.3 Å². The monoisotopic (exact) mass is 265 g/mol. The third kappa shape index (κ3) is 3.66. The molecule has 1 unspecified atom stereocenters. The minimum Gasteiger partial charge on any atom is -0.376 e. The highest BCUT2D eigenvalue weighted by Crippen LogP contribution is 2.14. The Bertz CT molecular complexity index is 445. The molecule has 0 bridgehead atoms. The molecule has 1 saturated heterocycles. The van der Waals surface area contributed by atoms with Crippen LogP contribution < -0.4 is 16.6 Å². The van der Waals surface area contributed by atoms with Gasteiger partial charge in [0.05, 0.1) is 25.9 Å². The van der Waals surface area contributed by atoms with Gasteiger partial charge < -0.3 is 20.2 Å². The molecule has 1 amide bonds. The summed E-state index contributed by atoms with van der Waals surface area (Å²) in [6.07, 6.45) is -0.0667. The molecule has 1 fully saturated rings. The third-order valence-electron chi connectivity index (χ3n) is 3.01. The molecular formula is C13H19N3O3. The average Bonchev–Trinajstić information content (AvgIpc) is 2.45. The summed E-state index contributed by atoms with van der Waals surface area (Å²) in [5, 5.41) is 2.85. The molecule has 1 aliphatic rings. The van der Waals surface area contributed by atoms with Crippen LogP contribution in [0.15, 0.2) is 18.2 Å². The molecule has 0 spiro atoms. The molecule has 6 nitrogen and oxygen atoms in total. The van der Waals surface area contributed by atoms with E-state index in [9.17, 15) is 4.79 Å². The van der Waals surface area contributed by atoms with Gasteiger partial charge in [-0.1, -0.05) is 0 Å². The Balaban J connectivity index is 1.92. The fourth-order valence-electron chi connectivity index (χ4n) is 1.96. The van der Waals surface area contributed by atoms with Gasteiger partial charge >= 0.3 is 0 Å². The van der Waals surface area contributed by atoms with Gasteiger partial charge in [0.15, 0.2) is 0 Å². The van der Waals surface area contributed by atoms with Crippen LogP contribution in [-0.4, -0.2) is 38.4 Å². The van der Waals surface area contributed by atoms with Crippen molar-refractivity contribution in [1.82, 2.24) is 5.32 Å². The Morgan fingerprint density at radius 1 is 1.47 bits per heavy atom. The number of carbonyl (C=O) groups excluding carboxylic acids is 1. The van der Waals surface area contributed by atoms with Gasteiger partial charge in [0, 0.05) is 17.8 Å². The lowest BCUT2D eigenvalue weighted by Crippen LogP contribution is -2.39. The van der Waals surface area contributed by atoms with Crippen LogP contribution in [0.4, 0.5) is 5.69 Å². The maximum Gasteiger partial charge on any atom is 0.251 e. The first-order chi connectivity index (χ1) is 9.20. The van der Waals surface area contributed by atoms with Crippen LogP contribution in [0.5, 0.6) is 0 Å². The normalized spacial score (nSPS) is 18.9. The number of benzene rings is 1. The van der Waals surface area contributed by atoms with E-state index in [2.05, 4.69) is 10.7 Å². The second-order valence-electron chi connectivity index (χ2n) is 4.45. The summed E-state index contributed by atoms with van der Waals surface area (Å²) < 4.78 is 10.7. The summed E-state index contributed by atoms with van der Waals surface area (Å²) >= 11 is 0. The van der Waals surface area contributed by atoms with Crippen LogP contribution in [0.3, 0.4) is 0 Å². The number of nitrogen functional groups attached to an aromatic ring is 1. The highest BCUT2D eigenvalue weighted by molar-refractivity contribution is 5.96. The molecule has 0 aromatic heterocycles. The maximum atomic E-state index is 12.0. The zero-order valence-electron chi connectivity index (χ0n) is 10.9. The van der Waals surface area contributed by atoms with Crippen LogP contribution in [0.2, 0.25) is 0 Å². The fourth-order valence-corrected chi connectivity index (χ4v) is 1.96. The second-order valence-corrected chi connectivity index (χ2v) is 4.45. The van der Waals surface area contributed by atoms with E-state index in [1.807, 2.05) is 13.0 Å². The van der Waals surface area contributed by atoms with Crippen LogP contribution in [0.25, 0.3) is 0 Å². The first-order valence-corrected chi connectivity index (χ1v) is 6.25. The summed E-state index contributed by atoms with van der Waals surface area (Å²) in [5.74, 6) is 5.20. The van der Waals surface area contributed by atoms with E-state index < -0.39 is 0 Å². The summed E-state index contributed by atoms with van der Waals surface area (Å²) in [6.45, 7) is 4.05. The number of nitrogens with one attached hydrogen (secondary N) is 2. The van der Waals surface area contributed by atoms with Gasteiger partial charge in [-0.2, -0.15) is 0 Å². The molecule has 0 aliphatic carbocycles. The molecule has 6 heteroatoms. The molecule has 19 heavy (non-hydrogen) atoms. The van der Waals surface area contributed by atoms with Crippen molar-refractivity contribution >= 4 is 11.6 Å². The molecule has 4 N–H and O–H groups in total. The van der Waals surface area contributed by atoms with Gasteiger partial charge in [0.2, 0.25) is 0 Å². The van der Waals surface area contributed by atoms with Crippen molar-refractivity contribution in [2.45, 2.75) is 13.0 Å². The summed E-state index contributed by atoms with van der Waals surface area (Å²) in [5.41, 5.74) is 4.83. The van der Waals surface area contributed by atoms with Crippen molar-refractivity contribution < 1.29 is 14.3 Å². The van der Waals surface area contributed by atoms with E-state index in [1.165, 1.54) is 0 Å². The maximum absolute atomic E-state index is 12.0. The Labute approximate surface area is 112 Å². The van der Waals surface area contributed by atoms with Gasteiger partial charge in [-0.25, -0.2) is 0 Å². The van der Waals surface area contributed by atoms with Gasteiger partial charge in [-0.3, -0.25) is 10.6 Å². The number of aryl methyl sites for hydroxylation is 1. The number of ether oxygens (including phenoxy) is 2. The highest BCUT2D eigenvalue weighted by Gasteiger charge is 2.16. The first-order valence-electron chi connectivity index (χ1n) is 6.25. The van der Waals surface area contributed by atoms with Gasteiger partial charge in [-0.15, -0.1) is 0 Å². The van der Waals surface area contributed by atoms with Crippen molar-refractivity contribution in [2.75, 3.05) is 31.8 Å². The van der Waals surface area contributed by atoms with Crippen LogP contribution in [0, 0.1) is 6.92 Å². The standard InChI is InChI=1S/C13H19N3O3/c1-9-6-10(16-14)2-3-12(9)13(17)15-7-11-8-18-4-5-19-11/h2-3,6,11,16H,4-5,7-8,14H2,1H3,(H,15,17). The van der Waals surface area contributed by atoms with Crippen molar-refractivity contribution in [2.24, 2.45) is 5.84 Å². The molecule has 1 aliphatic heterocycles. The van der Waals surface area contributed by atoms with E-state index in [4.69, 9.17) is 15.3 Å². The Morgan fingerprint density at radius 2 is 2.32 bits per heavy atom. The lowest BCUT2D eigenvalue weighted by atomic mass is 10.1. The van der Waals surface area contributed by atoms with E-state index >= 15 is 0 Å².